The van der Waals surface area contributed by atoms with Crippen LogP contribution in [0.5, 0.6) is 0 Å². The van der Waals surface area contributed by atoms with Crippen molar-refractivity contribution in [2.45, 2.75) is 6.61 Å². The van der Waals surface area contributed by atoms with E-state index in [9.17, 15) is 9.59 Å². The lowest BCUT2D eigenvalue weighted by molar-refractivity contribution is 0.0703. The number of carboxylic acid groups (broad SMARTS) is 1. The van der Waals surface area contributed by atoms with Gasteiger partial charge in [-0.25, -0.2) is 9.59 Å². The number of ether oxygens (including phenoxy) is 1. The third kappa shape index (κ3) is 3.49. The summed E-state index contributed by atoms with van der Waals surface area (Å²) in [5.74, 6) is -1.15. The van der Waals surface area contributed by atoms with Gasteiger partial charge >= 0.3 is 12.1 Å². The van der Waals surface area contributed by atoms with Gasteiger partial charge in [-0.15, -0.1) is 11.3 Å². The Morgan fingerprint density at radius 3 is 2.65 bits per heavy atom. The fourth-order valence-electron chi connectivity index (χ4n) is 1.47. The lowest BCUT2D eigenvalue weighted by Crippen LogP contribution is -2.15. The highest BCUT2D eigenvalue weighted by atomic mass is 35.5. The number of thiophene rings is 1. The van der Waals surface area contributed by atoms with Gasteiger partial charge in [-0.1, -0.05) is 41.9 Å². The predicted octanol–water partition coefficient (Wildman–Crippen LogP) is 3.85. The van der Waals surface area contributed by atoms with Gasteiger partial charge in [0.05, 0.1) is 10.7 Å². The summed E-state index contributed by atoms with van der Waals surface area (Å²) >= 11 is 6.77. The van der Waals surface area contributed by atoms with Crippen LogP contribution in [0.3, 0.4) is 0 Å². The second-order valence-corrected chi connectivity index (χ2v) is 5.07. The number of nitrogens with one attached hydrogen (secondary N) is 1. The molecule has 0 saturated heterocycles. The summed E-state index contributed by atoms with van der Waals surface area (Å²) in [4.78, 5) is 22.6. The minimum atomic E-state index is -1.15. The first kappa shape index (κ1) is 14.4. The van der Waals surface area contributed by atoms with E-state index < -0.39 is 12.1 Å². The van der Waals surface area contributed by atoms with Gasteiger partial charge in [0, 0.05) is 5.38 Å². The molecule has 0 fully saturated rings. The zero-order valence-corrected chi connectivity index (χ0v) is 11.7. The first-order chi connectivity index (χ1) is 9.58. The lowest BCUT2D eigenvalue weighted by Gasteiger charge is -2.07. The molecule has 0 spiro atoms. The Morgan fingerprint density at radius 2 is 2.00 bits per heavy atom. The van der Waals surface area contributed by atoms with Crippen molar-refractivity contribution in [3.05, 3.63) is 51.2 Å². The van der Waals surface area contributed by atoms with E-state index in [-0.39, 0.29) is 22.2 Å². The van der Waals surface area contributed by atoms with Gasteiger partial charge in [0.25, 0.3) is 0 Å². The number of rotatable bonds is 4. The van der Waals surface area contributed by atoms with Crippen molar-refractivity contribution in [3.8, 4) is 0 Å². The summed E-state index contributed by atoms with van der Waals surface area (Å²) in [6.07, 6.45) is -0.753. The molecule has 7 heteroatoms. The van der Waals surface area contributed by atoms with E-state index in [0.717, 1.165) is 16.9 Å². The summed E-state index contributed by atoms with van der Waals surface area (Å²) in [5.41, 5.74) is 0.889. The number of amides is 1. The van der Waals surface area contributed by atoms with Crippen LogP contribution in [0.4, 0.5) is 10.5 Å². The minimum absolute atomic E-state index is 0.0355. The van der Waals surface area contributed by atoms with Crippen molar-refractivity contribution in [1.82, 2.24) is 0 Å². The molecule has 1 amide bonds. The van der Waals surface area contributed by atoms with Crippen molar-refractivity contribution in [3.63, 3.8) is 0 Å². The average Bonchev–Trinajstić information content (AvgIpc) is 2.79. The van der Waals surface area contributed by atoms with Gasteiger partial charge in [-0.05, 0) is 5.56 Å². The van der Waals surface area contributed by atoms with Crippen molar-refractivity contribution in [1.29, 1.82) is 0 Å². The van der Waals surface area contributed by atoms with Crippen molar-refractivity contribution >= 4 is 40.7 Å². The van der Waals surface area contributed by atoms with Crippen LogP contribution in [0, 0.1) is 0 Å². The quantitative estimate of drug-likeness (QED) is 0.899. The van der Waals surface area contributed by atoms with Gasteiger partial charge in [0.2, 0.25) is 0 Å². The van der Waals surface area contributed by atoms with E-state index in [0.29, 0.717) is 0 Å². The standard InChI is InChI=1S/C13H10ClNO4S/c14-9-7-20-11(12(16)17)10(9)15-13(18)19-6-8-4-2-1-3-5-8/h1-5,7H,6H2,(H,15,18)(H,16,17). The highest BCUT2D eigenvalue weighted by Crippen LogP contribution is 2.32. The molecule has 0 aliphatic carbocycles. The first-order valence-corrected chi connectivity index (χ1v) is 6.81. The Morgan fingerprint density at radius 1 is 1.30 bits per heavy atom. The minimum Gasteiger partial charge on any atom is -0.477 e. The van der Waals surface area contributed by atoms with E-state index >= 15 is 0 Å². The summed E-state index contributed by atoms with van der Waals surface area (Å²) in [6.45, 7) is 0.0941. The Hall–Kier alpha value is -2.05. The van der Waals surface area contributed by atoms with Crippen LogP contribution in [0.1, 0.15) is 15.2 Å². The van der Waals surface area contributed by atoms with Gasteiger partial charge in [-0.3, -0.25) is 5.32 Å². The second kappa shape index (κ2) is 6.40. The largest absolute Gasteiger partial charge is 0.477 e. The molecule has 0 aliphatic rings. The highest BCUT2D eigenvalue weighted by molar-refractivity contribution is 7.13. The zero-order valence-electron chi connectivity index (χ0n) is 10.1. The summed E-state index contributed by atoms with van der Waals surface area (Å²) < 4.78 is 4.99. The van der Waals surface area contributed by atoms with E-state index in [1.165, 1.54) is 5.38 Å². The molecule has 0 saturated carbocycles. The maximum Gasteiger partial charge on any atom is 0.412 e. The molecule has 5 nitrogen and oxygen atoms in total. The molecule has 2 aromatic rings. The van der Waals surface area contributed by atoms with Crippen molar-refractivity contribution in [2.24, 2.45) is 0 Å². The molecule has 0 bridgehead atoms. The molecule has 2 N–H and O–H groups in total. The average molecular weight is 312 g/mol. The van der Waals surface area contributed by atoms with Gasteiger partial charge in [-0.2, -0.15) is 0 Å². The third-order valence-electron chi connectivity index (χ3n) is 2.38. The number of benzene rings is 1. The fraction of sp³-hybridized carbons (Fsp3) is 0.0769. The highest BCUT2D eigenvalue weighted by Gasteiger charge is 2.18. The maximum absolute atomic E-state index is 11.6. The van der Waals surface area contributed by atoms with Crippen LogP contribution in [-0.4, -0.2) is 17.2 Å². The smallest absolute Gasteiger partial charge is 0.412 e. The number of aromatic carboxylic acids is 1. The maximum atomic E-state index is 11.6. The third-order valence-corrected chi connectivity index (χ3v) is 3.78. The molecule has 104 valence electrons. The van der Waals surface area contributed by atoms with E-state index in [2.05, 4.69) is 5.32 Å². The molecule has 20 heavy (non-hydrogen) atoms. The van der Waals surface area contributed by atoms with Crippen molar-refractivity contribution in [2.75, 3.05) is 5.32 Å². The van der Waals surface area contributed by atoms with Crippen LogP contribution < -0.4 is 5.32 Å². The number of anilines is 1. The number of hydrogen-bond acceptors (Lipinski definition) is 4. The first-order valence-electron chi connectivity index (χ1n) is 5.56. The van der Waals surface area contributed by atoms with E-state index in [1.54, 1.807) is 0 Å². The Bertz CT molecular complexity index is 627. The number of carboxylic acids is 1. The SMILES string of the molecule is O=C(Nc1c(Cl)csc1C(=O)O)OCc1ccccc1. The molecule has 0 aliphatic heterocycles. The fourth-order valence-corrected chi connectivity index (χ4v) is 2.52. The molecule has 0 atom stereocenters. The monoisotopic (exact) mass is 311 g/mol. The zero-order chi connectivity index (χ0) is 14.5. The van der Waals surface area contributed by atoms with Crippen LogP contribution in [0.25, 0.3) is 0 Å². The number of hydrogen-bond donors (Lipinski definition) is 2. The van der Waals surface area contributed by atoms with Crippen LogP contribution in [0.15, 0.2) is 35.7 Å². The topological polar surface area (TPSA) is 75.6 Å². The second-order valence-electron chi connectivity index (χ2n) is 3.78. The molecule has 2 rings (SSSR count). The molecular weight excluding hydrogens is 302 g/mol. The van der Waals surface area contributed by atoms with Crippen molar-refractivity contribution < 1.29 is 19.4 Å². The van der Waals surface area contributed by atoms with Crippen LogP contribution in [0.2, 0.25) is 5.02 Å². The van der Waals surface area contributed by atoms with E-state index in [4.69, 9.17) is 21.4 Å². The molecule has 0 radical (unpaired) electrons. The predicted molar refractivity (Wildman–Crippen MR) is 76.5 cm³/mol. The number of carbonyl (C=O) groups excluding carboxylic acids is 1. The summed E-state index contributed by atoms with van der Waals surface area (Å²) in [5, 5.41) is 12.9. The van der Waals surface area contributed by atoms with Crippen LogP contribution in [-0.2, 0) is 11.3 Å². The van der Waals surface area contributed by atoms with Gasteiger partial charge in [0.1, 0.15) is 11.5 Å². The van der Waals surface area contributed by atoms with Gasteiger partial charge < -0.3 is 9.84 Å². The van der Waals surface area contributed by atoms with Gasteiger partial charge in [0.15, 0.2) is 0 Å². The number of halogens is 1. The van der Waals surface area contributed by atoms with E-state index in [1.807, 2.05) is 30.3 Å². The molecule has 1 aromatic carbocycles. The molecule has 1 heterocycles. The Kier molecular flexibility index (Phi) is 4.60. The Balaban J connectivity index is 1.98. The lowest BCUT2D eigenvalue weighted by atomic mass is 10.2. The summed E-state index contributed by atoms with van der Waals surface area (Å²) in [6, 6.07) is 9.14. The molecule has 0 unspecified atom stereocenters. The number of carbonyl (C=O) groups is 2. The molecular formula is C13H10ClNO4S. The molecule has 1 aromatic heterocycles. The Labute approximate surface area is 123 Å². The summed E-state index contributed by atoms with van der Waals surface area (Å²) in [7, 11) is 0. The normalized spacial score (nSPS) is 10.1. The van der Waals surface area contributed by atoms with Crippen LogP contribution >= 0.6 is 22.9 Å².